The summed E-state index contributed by atoms with van der Waals surface area (Å²) in [5, 5.41) is 13.4. The fourth-order valence-electron chi connectivity index (χ4n) is 3.87. The highest BCUT2D eigenvalue weighted by Crippen LogP contribution is 2.37. The molecule has 0 spiro atoms. The zero-order chi connectivity index (χ0) is 27.0. The van der Waals surface area contributed by atoms with Gasteiger partial charge in [-0.25, -0.2) is 4.79 Å². The first-order valence-corrected chi connectivity index (χ1v) is 11.9. The van der Waals surface area contributed by atoms with E-state index in [-0.39, 0.29) is 49.5 Å². The summed E-state index contributed by atoms with van der Waals surface area (Å²) in [7, 11) is 0. The lowest BCUT2D eigenvalue weighted by molar-refractivity contribution is -0.142. The Kier molecular flexibility index (Phi) is 9.16. The number of phenolic OH excluding ortho intramolecular Hbond substituents is 1. The predicted octanol–water partition coefficient (Wildman–Crippen LogP) is 5.92. The standard InChI is InChI=1S/C28H29F3N2O4/c1-3-33(27(36)32-17-19-8-6-5-7-9-19)18-21-16-22(28(29,30)31)11-12-23(21)24-14-20(10-13-25(24)34)15-26(35)37-4-2/h5-14,16,34H,3-4,15,17-18H2,1-2H3,(H,32,36). The first-order valence-electron chi connectivity index (χ1n) is 11.9. The third kappa shape index (κ3) is 7.49. The maximum absolute atomic E-state index is 13.6. The largest absolute Gasteiger partial charge is 0.507 e. The van der Waals surface area contributed by atoms with E-state index in [9.17, 15) is 27.9 Å². The summed E-state index contributed by atoms with van der Waals surface area (Å²) in [6, 6.07) is 16.5. The van der Waals surface area contributed by atoms with Crippen LogP contribution >= 0.6 is 0 Å². The topological polar surface area (TPSA) is 78.9 Å². The van der Waals surface area contributed by atoms with Gasteiger partial charge in [-0.1, -0.05) is 42.5 Å². The summed E-state index contributed by atoms with van der Waals surface area (Å²) in [5.41, 5.74) is 1.33. The maximum atomic E-state index is 13.6. The van der Waals surface area contributed by atoms with Crippen molar-refractivity contribution in [3.63, 3.8) is 0 Å². The summed E-state index contributed by atoms with van der Waals surface area (Å²) >= 11 is 0. The molecule has 0 aliphatic heterocycles. The van der Waals surface area contributed by atoms with Gasteiger partial charge in [-0.15, -0.1) is 0 Å². The van der Waals surface area contributed by atoms with Gasteiger partial charge in [0.2, 0.25) is 0 Å². The normalized spacial score (nSPS) is 11.2. The molecule has 0 aliphatic rings. The van der Waals surface area contributed by atoms with Gasteiger partial charge in [0.25, 0.3) is 0 Å². The molecule has 0 atom stereocenters. The Hall–Kier alpha value is -4.01. The molecule has 0 aliphatic carbocycles. The Morgan fingerprint density at radius 1 is 0.946 bits per heavy atom. The number of rotatable bonds is 9. The molecule has 37 heavy (non-hydrogen) atoms. The number of amides is 2. The van der Waals surface area contributed by atoms with E-state index in [0.717, 1.165) is 17.7 Å². The van der Waals surface area contributed by atoms with Gasteiger partial charge >= 0.3 is 18.2 Å². The van der Waals surface area contributed by atoms with Gasteiger partial charge in [0.05, 0.1) is 18.6 Å². The minimum Gasteiger partial charge on any atom is -0.507 e. The number of carbonyl (C=O) groups excluding carboxylic acids is 2. The fourth-order valence-corrected chi connectivity index (χ4v) is 3.87. The lowest BCUT2D eigenvalue weighted by Gasteiger charge is -2.24. The Morgan fingerprint density at radius 3 is 2.32 bits per heavy atom. The first kappa shape index (κ1) is 27.6. The number of nitrogens with zero attached hydrogens (tertiary/aromatic N) is 1. The molecule has 3 aromatic carbocycles. The molecular formula is C28H29F3N2O4. The summed E-state index contributed by atoms with van der Waals surface area (Å²) in [6.45, 7) is 4.01. The molecule has 0 bridgehead atoms. The van der Waals surface area contributed by atoms with E-state index < -0.39 is 23.7 Å². The molecule has 2 amide bonds. The van der Waals surface area contributed by atoms with Crippen LogP contribution in [0.2, 0.25) is 0 Å². The number of nitrogens with one attached hydrogen (secondary N) is 1. The van der Waals surface area contributed by atoms with Crippen LogP contribution in [0.3, 0.4) is 0 Å². The van der Waals surface area contributed by atoms with Crippen LogP contribution in [0.4, 0.5) is 18.0 Å². The van der Waals surface area contributed by atoms with Gasteiger partial charge < -0.3 is 20.1 Å². The fraction of sp³-hybridized carbons (Fsp3) is 0.286. The zero-order valence-electron chi connectivity index (χ0n) is 20.6. The second kappa shape index (κ2) is 12.3. The molecule has 0 fully saturated rings. The number of alkyl halides is 3. The number of carbonyl (C=O) groups is 2. The van der Waals surface area contributed by atoms with Gasteiger partial charge in [-0.3, -0.25) is 4.79 Å². The van der Waals surface area contributed by atoms with E-state index in [1.165, 1.54) is 17.0 Å². The van der Waals surface area contributed by atoms with Crippen LogP contribution in [0.25, 0.3) is 11.1 Å². The van der Waals surface area contributed by atoms with E-state index in [4.69, 9.17) is 4.74 Å². The van der Waals surface area contributed by atoms with Crippen molar-refractivity contribution in [1.82, 2.24) is 10.2 Å². The molecule has 0 saturated carbocycles. The van der Waals surface area contributed by atoms with Crippen molar-refractivity contribution in [1.29, 1.82) is 0 Å². The summed E-state index contributed by atoms with van der Waals surface area (Å²) in [6.07, 6.45) is -4.65. The van der Waals surface area contributed by atoms with Crippen molar-refractivity contribution in [3.05, 3.63) is 89.0 Å². The number of phenols is 1. The molecule has 2 N–H and O–H groups in total. The Morgan fingerprint density at radius 2 is 1.68 bits per heavy atom. The number of ether oxygens (including phenoxy) is 1. The highest BCUT2D eigenvalue weighted by atomic mass is 19.4. The summed E-state index contributed by atoms with van der Waals surface area (Å²) in [5.74, 6) is -0.621. The van der Waals surface area contributed by atoms with Crippen molar-refractivity contribution in [2.45, 2.75) is 39.5 Å². The van der Waals surface area contributed by atoms with Gasteiger partial charge in [0.15, 0.2) is 0 Å². The molecule has 3 rings (SSSR count). The third-order valence-corrected chi connectivity index (χ3v) is 5.75. The second-order valence-electron chi connectivity index (χ2n) is 8.36. The van der Waals surface area contributed by atoms with Crippen LogP contribution in [0.1, 0.15) is 36.1 Å². The van der Waals surface area contributed by atoms with E-state index in [0.29, 0.717) is 11.1 Å². The number of esters is 1. The van der Waals surface area contributed by atoms with E-state index in [1.54, 1.807) is 26.0 Å². The number of urea groups is 1. The van der Waals surface area contributed by atoms with Crippen LogP contribution in [0, 0.1) is 0 Å². The number of hydrogen-bond acceptors (Lipinski definition) is 4. The van der Waals surface area contributed by atoms with E-state index in [2.05, 4.69) is 5.32 Å². The SMILES string of the molecule is CCOC(=O)Cc1ccc(O)c(-c2ccc(C(F)(F)F)cc2CN(CC)C(=O)NCc2ccccc2)c1. The number of halogens is 3. The van der Waals surface area contributed by atoms with Gasteiger partial charge in [-0.2, -0.15) is 13.2 Å². The molecule has 0 aromatic heterocycles. The Bertz CT molecular complexity index is 1230. The van der Waals surface area contributed by atoms with Gasteiger partial charge in [0.1, 0.15) is 5.75 Å². The van der Waals surface area contributed by atoms with E-state index in [1.807, 2.05) is 30.3 Å². The number of aromatic hydroxyl groups is 1. The van der Waals surface area contributed by atoms with Crippen LogP contribution in [0.15, 0.2) is 66.7 Å². The molecule has 0 heterocycles. The van der Waals surface area contributed by atoms with Crippen LogP contribution in [0.5, 0.6) is 5.75 Å². The van der Waals surface area contributed by atoms with Crippen molar-refractivity contribution in [2.75, 3.05) is 13.2 Å². The lowest BCUT2D eigenvalue weighted by atomic mass is 9.94. The quantitative estimate of drug-likeness (QED) is 0.348. The molecule has 0 radical (unpaired) electrons. The predicted molar refractivity (Wildman–Crippen MR) is 134 cm³/mol. The minimum absolute atomic E-state index is 0.0555. The average Bonchev–Trinajstić information content (AvgIpc) is 2.87. The summed E-state index contributed by atoms with van der Waals surface area (Å²) in [4.78, 5) is 26.2. The Balaban J connectivity index is 1.94. The van der Waals surface area contributed by atoms with Gasteiger partial charge in [-0.05, 0) is 60.4 Å². The van der Waals surface area contributed by atoms with Crippen molar-refractivity contribution >= 4 is 12.0 Å². The minimum atomic E-state index is -4.59. The highest BCUT2D eigenvalue weighted by Gasteiger charge is 2.31. The molecule has 6 nitrogen and oxygen atoms in total. The molecule has 0 saturated heterocycles. The molecular weight excluding hydrogens is 485 g/mol. The van der Waals surface area contributed by atoms with Crippen LogP contribution in [-0.2, 0) is 35.2 Å². The third-order valence-electron chi connectivity index (χ3n) is 5.75. The smallest absolute Gasteiger partial charge is 0.416 e. The number of hydrogen-bond donors (Lipinski definition) is 2. The molecule has 3 aromatic rings. The van der Waals surface area contributed by atoms with Gasteiger partial charge in [0, 0.05) is 25.2 Å². The molecule has 0 unspecified atom stereocenters. The first-order chi connectivity index (χ1) is 17.6. The monoisotopic (exact) mass is 514 g/mol. The van der Waals surface area contributed by atoms with Crippen LogP contribution < -0.4 is 5.32 Å². The van der Waals surface area contributed by atoms with Crippen molar-refractivity contribution < 1.29 is 32.6 Å². The number of benzene rings is 3. The lowest BCUT2D eigenvalue weighted by Crippen LogP contribution is -2.39. The molecule has 196 valence electrons. The highest BCUT2D eigenvalue weighted by molar-refractivity contribution is 5.78. The maximum Gasteiger partial charge on any atom is 0.416 e. The summed E-state index contributed by atoms with van der Waals surface area (Å²) < 4.78 is 45.6. The van der Waals surface area contributed by atoms with Crippen molar-refractivity contribution in [2.24, 2.45) is 0 Å². The molecule has 9 heteroatoms. The second-order valence-corrected chi connectivity index (χ2v) is 8.36. The van der Waals surface area contributed by atoms with E-state index >= 15 is 0 Å². The Labute approximate surface area is 213 Å². The zero-order valence-corrected chi connectivity index (χ0v) is 20.6. The average molecular weight is 515 g/mol. The van der Waals surface area contributed by atoms with Crippen LogP contribution in [-0.4, -0.2) is 35.2 Å². The van der Waals surface area contributed by atoms with Crippen molar-refractivity contribution in [3.8, 4) is 16.9 Å².